The second-order valence-corrected chi connectivity index (χ2v) is 4.82. The van der Waals surface area contributed by atoms with E-state index in [0.29, 0.717) is 11.3 Å². The number of nitrogens with zero attached hydrogens (tertiary/aromatic N) is 1. The predicted molar refractivity (Wildman–Crippen MR) is 84.4 cm³/mol. The first-order chi connectivity index (χ1) is 10.1. The average Bonchev–Trinajstić information content (AvgIpc) is 2.51. The standard InChI is InChI=1S/C17H19FN2O/c1-3-11-19-16-10-5-4-9-15(16)17(21)20(2)14-8-6-7-13(18)12-14/h4-10,12,19H,3,11H2,1-2H3. The summed E-state index contributed by atoms with van der Waals surface area (Å²) in [5.41, 5.74) is 1.91. The van der Waals surface area contributed by atoms with Crippen LogP contribution in [-0.2, 0) is 0 Å². The number of benzene rings is 2. The van der Waals surface area contributed by atoms with Crippen LogP contribution in [0.15, 0.2) is 48.5 Å². The van der Waals surface area contributed by atoms with Gasteiger partial charge >= 0.3 is 0 Å². The fraction of sp³-hybridized carbons (Fsp3) is 0.235. The molecule has 0 unspecified atom stereocenters. The van der Waals surface area contributed by atoms with E-state index in [1.165, 1.54) is 17.0 Å². The summed E-state index contributed by atoms with van der Waals surface area (Å²) in [5.74, 6) is -0.524. The number of hydrogen-bond acceptors (Lipinski definition) is 2. The summed E-state index contributed by atoms with van der Waals surface area (Å²) < 4.78 is 13.3. The number of carbonyl (C=O) groups is 1. The van der Waals surface area contributed by atoms with Crippen LogP contribution in [0.3, 0.4) is 0 Å². The molecular weight excluding hydrogens is 267 g/mol. The smallest absolute Gasteiger partial charge is 0.260 e. The molecule has 2 aromatic rings. The van der Waals surface area contributed by atoms with Gasteiger partial charge in [0.1, 0.15) is 5.82 Å². The molecule has 0 aromatic heterocycles. The number of para-hydroxylation sites is 1. The van der Waals surface area contributed by atoms with Gasteiger partial charge in [-0.1, -0.05) is 25.1 Å². The molecule has 2 aromatic carbocycles. The zero-order valence-corrected chi connectivity index (χ0v) is 12.3. The summed E-state index contributed by atoms with van der Waals surface area (Å²) in [4.78, 5) is 14.1. The third-order valence-corrected chi connectivity index (χ3v) is 3.22. The first kappa shape index (κ1) is 15.0. The van der Waals surface area contributed by atoms with Crippen LogP contribution < -0.4 is 10.2 Å². The fourth-order valence-electron chi connectivity index (χ4n) is 2.07. The van der Waals surface area contributed by atoms with Crippen molar-refractivity contribution in [2.45, 2.75) is 13.3 Å². The van der Waals surface area contributed by atoms with Gasteiger partial charge in [0.25, 0.3) is 5.91 Å². The Kier molecular flexibility index (Phi) is 4.93. The molecule has 21 heavy (non-hydrogen) atoms. The molecule has 0 saturated heterocycles. The largest absolute Gasteiger partial charge is 0.384 e. The lowest BCUT2D eigenvalue weighted by molar-refractivity contribution is 0.0993. The quantitative estimate of drug-likeness (QED) is 0.903. The number of anilines is 2. The van der Waals surface area contributed by atoms with Crippen molar-refractivity contribution in [2.75, 3.05) is 23.8 Å². The maximum atomic E-state index is 13.3. The molecule has 4 heteroatoms. The van der Waals surface area contributed by atoms with Crippen molar-refractivity contribution in [3.05, 3.63) is 59.9 Å². The zero-order chi connectivity index (χ0) is 15.2. The Hall–Kier alpha value is -2.36. The molecule has 0 saturated carbocycles. The first-order valence-corrected chi connectivity index (χ1v) is 7.00. The summed E-state index contributed by atoms with van der Waals surface area (Å²) in [7, 11) is 1.65. The number of hydrogen-bond donors (Lipinski definition) is 1. The van der Waals surface area contributed by atoms with Gasteiger partial charge < -0.3 is 10.2 Å². The molecule has 0 spiro atoms. The van der Waals surface area contributed by atoms with Crippen molar-refractivity contribution in [3.8, 4) is 0 Å². The van der Waals surface area contributed by atoms with Crippen LogP contribution in [0.4, 0.5) is 15.8 Å². The van der Waals surface area contributed by atoms with E-state index >= 15 is 0 Å². The number of carbonyl (C=O) groups excluding carboxylic acids is 1. The Labute approximate surface area is 124 Å². The molecule has 1 amide bonds. The van der Waals surface area contributed by atoms with Crippen LogP contribution in [-0.4, -0.2) is 19.5 Å². The van der Waals surface area contributed by atoms with Crippen LogP contribution in [0.1, 0.15) is 23.7 Å². The van der Waals surface area contributed by atoms with E-state index < -0.39 is 0 Å². The van der Waals surface area contributed by atoms with Crippen molar-refractivity contribution >= 4 is 17.3 Å². The summed E-state index contributed by atoms with van der Waals surface area (Å²) in [6.45, 7) is 2.87. The summed E-state index contributed by atoms with van der Waals surface area (Å²) in [5, 5.41) is 3.24. The van der Waals surface area contributed by atoms with Crippen molar-refractivity contribution in [1.82, 2.24) is 0 Å². The van der Waals surface area contributed by atoms with Crippen molar-refractivity contribution < 1.29 is 9.18 Å². The number of amides is 1. The second-order valence-electron chi connectivity index (χ2n) is 4.82. The van der Waals surface area contributed by atoms with Crippen molar-refractivity contribution in [2.24, 2.45) is 0 Å². The van der Waals surface area contributed by atoms with Gasteiger partial charge in [-0.05, 0) is 36.8 Å². The highest BCUT2D eigenvalue weighted by atomic mass is 19.1. The Bertz CT molecular complexity index is 628. The van der Waals surface area contributed by atoms with Crippen LogP contribution in [0.25, 0.3) is 0 Å². The predicted octanol–water partition coefficient (Wildman–Crippen LogP) is 3.92. The Morgan fingerprint density at radius 2 is 1.95 bits per heavy atom. The molecule has 0 fully saturated rings. The topological polar surface area (TPSA) is 32.3 Å². The maximum absolute atomic E-state index is 13.3. The molecule has 0 aliphatic rings. The van der Waals surface area contributed by atoms with Crippen molar-refractivity contribution in [1.29, 1.82) is 0 Å². The minimum absolute atomic E-state index is 0.167. The molecule has 0 heterocycles. The highest BCUT2D eigenvalue weighted by Gasteiger charge is 2.16. The summed E-state index contributed by atoms with van der Waals surface area (Å²) >= 11 is 0. The molecule has 0 aliphatic heterocycles. The lowest BCUT2D eigenvalue weighted by atomic mass is 10.1. The third-order valence-electron chi connectivity index (χ3n) is 3.22. The minimum Gasteiger partial charge on any atom is -0.384 e. The molecule has 0 atom stereocenters. The fourth-order valence-corrected chi connectivity index (χ4v) is 2.07. The highest BCUT2D eigenvalue weighted by molar-refractivity contribution is 6.09. The highest BCUT2D eigenvalue weighted by Crippen LogP contribution is 2.21. The minimum atomic E-state index is -0.357. The Balaban J connectivity index is 2.27. The lowest BCUT2D eigenvalue weighted by Gasteiger charge is -2.19. The summed E-state index contributed by atoms with van der Waals surface area (Å²) in [6, 6.07) is 13.4. The second kappa shape index (κ2) is 6.88. The zero-order valence-electron chi connectivity index (χ0n) is 12.3. The van der Waals surface area contributed by atoms with Crippen molar-refractivity contribution in [3.63, 3.8) is 0 Å². The van der Waals surface area contributed by atoms with Crippen LogP contribution in [0.2, 0.25) is 0 Å². The first-order valence-electron chi connectivity index (χ1n) is 7.00. The van der Waals surface area contributed by atoms with E-state index in [0.717, 1.165) is 18.7 Å². The molecular formula is C17H19FN2O. The Morgan fingerprint density at radius 1 is 1.19 bits per heavy atom. The third kappa shape index (κ3) is 3.60. The van der Waals surface area contributed by atoms with E-state index in [-0.39, 0.29) is 11.7 Å². The van der Waals surface area contributed by atoms with E-state index in [9.17, 15) is 9.18 Å². The van der Waals surface area contributed by atoms with E-state index in [1.54, 1.807) is 25.2 Å². The van der Waals surface area contributed by atoms with Gasteiger partial charge in [0, 0.05) is 25.0 Å². The summed E-state index contributed by atoms with van der Waals surface area (Å²) in [6.07, 6.45) is 0.974. The average molecular weight is 286 g/mol. The number of rotatable bonds is 5. The molecule has 110 valence electrons. The molecule has 1 N–H and O–H groups in total. The molecule has 3 nitrogen and oxygen atoms in total. The van der Waals surface area contributed by atoms with Crippen LogP contribution in [0.5, 0.6) is 0 Å². The Morgan fingerprint density at radius 3 is 2.67 bits per heavy atom. The normalized spacial score (nSPS) is 10.2. The number of halogens is 1. The van der Waals surface area contributed by atoms with Gasteiger partial charge in [0.05, 0.1) is 5.56 Å². The van der Waals surface area contributed by atoms with Gasteiger partial charge in [-0.3, -0.25) is 4.79 Å². The monoisotopic (exact) mass is 286 g/mol. The van der Waals surface area contributed by atoms with Gasteiger partial charge in [-0.15, -0.1) is 0 Å². The SMILES string of the molecule is CCCNc1ccccc1C(=O)N(C)c1cccc(F)c1. The van der Waals surface area contributed by atoms with Gasteiger partial charge in [0.2, 0.25) is 0 Å². The molecule has 2 rings (SSSR count). The van der Waals surface area contributed by atoms with Gasteiger partial charge in [-0.2, -0.15) is 0 Å². The molecule has 0 aliphatic carbocycles. The molecule has 0 radical (unpaired) electrons. The van der Waals surface area contributed by atoms with Crippen LogP contribution in [0, 0.1) is 5.82 Å². The van der Waals surface area contributed by atoms with E-state index in [1.807, 2.05) is 18.2 Å². The van der Waals surface area contributed by atoms with E-state index in [2.05, 4.69) is 12.2 Å². The molecule has 0 bridgehead atoms. The maximum Gasteiger partial charge on any atom is 0.260 e. The number of nitrogens with one attached hydrogen (secondary N) is 1. The van der Waals surface area contributed by atoms with E-state index in [4.69, 9.17) is 0 Å². The lowest BCUT2D eigenvalue weighted by Crippen LogP contribution is -2.27. The van der Waals surface area contributed by atoms with Crippen LogP contribution >= 0.6 is 0 Å². The van der Waals surface area contributed by atoms with Gasteiger partial charge in [-0.25, -0.2) is 4.39 Å². The van der Waals surface area contributed by atoms with Gasteiger partial charge in [0.15, 0.2) is 0 Å².